The average molecular weight is 263 g/mol. The molecule has 0 saturated heterocycles. The van der Waals surface area contributed by atoms with Crippen molar-refractivity contribution < 1.29 is 0 Å². The van der Waals surface area contributed by atoms with Crippen molar-refractivity contribution in [1.82, 2.24) is 5.32 Å². The molecule has 0 bridgehead atoms. The maximum atomic E-state index is 4.69. The van der Waals surface area contributed by atoms with Gasteiger partial charge in [0.2, 0.25) is 0 Å². The predicted octanol–water partition coefficient (Wildman–Crippen LogP) is 2.38. The van der Waals surface area contributed by atoms with Gasteiger partial charge in [-0.25, -0.2) is 0 Å². The van der Waals surface area contributed by atoms with Crippen molar-refractivity contribution in [2.45, 2.75) is 13.3 Å². The Morgan fingerprint density at radius 3 is 3.06 bits per heavy atom. The first-order valence-corrected chi connectivity index (χ1v) is 7.89. The summed E-state index contributed by atoms with van der Waals surface area (Å²) in [5, 5.41) is 3.39. The molecular formula is C14H21N3S. The minimum Gasteiger partial charge on any atom is -0.356 e. The zero-order valence-corrected chi connectivity index (χ0v) is 12.0. The Hall–Kier alpha value is -1.16. The quantitative estimate of drug-likeness (QED) is 0.513. The Morgan fingerprint density at radius 2 is 2.28 bits per heavy atom. The fourth-order valence-corrected chi connectivity index (χ4v) is 2.47. The molecule has 98 valence electrons. The number of hydrogen-bond donors (Lipinski definition) is 1. The molecule has 1 heterocycles. The third-order valence-electron chi connectivity index (χ3n) is 3.03. The summed E-state index contributed by atoms with van der Waals surface area (Å²) in [4.78, 5) is 7.00. The number of thioether (sulfide) groups is 1. The highest BCUT2D eigenvalue weighted by Crippen LogP contribution is 2.27. The molecule has 18 heavy (non-hydrogen) atoms. The van der Waals surface area contributed by atoms with Gasteiger partial charge in [0, 0.05) is 24.5 Å². The highest BCUT2D eigenvalue weighted by Gasteiger charge is 2.21. The number of nitrogens with one attached hydrogen (secondary N) is 1. The van der Waals surface area contributed by atoms with Gasteiger partial charge in [-0.1, -0.05) is 18.2 Å². The average Bonchev–Trinajstić information content (AvgIpc) is 2.82. The Bertz CT molecular complexity index is 417. The number of hydrogen-bond acceptors (Lipinski definition) is 2. The van der Waals surface area contributed by atoms with E-state index in [-0.39, 0.29) is 0 Å². The van der Waals surface area contributed by atoms with E-state index < -0.39 is 0 Å². The van der Waals surface area contributed by atoms with Crippen LogP contribution in [-0.4, -0.2) is 37.6 Å². The van der Waals surface area contributed by atoms with Crippen LogP contribution in [0.4, 0.5) is 5.69 Å². The van der Waals surface area contributed by atoms with Crippen LogP contribution in [0, 0.1) is 0 Å². The van der Waals surface area contributed by atoms with E-state index in [4.69, 9.17) is 4.99 Å². The Kier molecular flexibility index (Phi) is 4.93. The maximum Gasteiger partial charge on any atom is 0.198 e. The Balaban J connectivity index is 2.15. The van der Waals surface area contributed by atoms with E-state index in [2.05, 4.69) is 47.7 Å². The first-order valence-electron chi connectivity index (χ1n) is 6.49. The summed E-state index contributed by atoms with van der Waals surface area (Å²) in [5.41, 5.74) is 2.73. The van der Waals surface area contributed by atoms with Crippen LogP contribution in [0.15, 0.2) is 29.3 Å². The topological polar surface area (TPSA) is 27.6 Å². The molecule has 0 atom stereocenters. The van der Waals surface area contributed by atoms with Crippen molar-refractivity contribution >= 4 is 23.4 Å². The van der Waals surface area contributed by atoms with Crippen molar-refractivity contribution in [3.63, 3.8) is 0 Å². The van der Waals surface area contributed by atoms with Crippen molar-refractivity contribution in [2.75, 3.05) is 36.5 Å². The lowest BCUT2D eigenvalue weighted by Crippen LogP contribution is -2.40. The normalized spacial score (nSPS) is 14.8. The fourth-order valence-electron chi connectivity index (χ4n) is 2.20. The van der Waals surface area contributed by atoms with Crippen molar-refractivity contribution in [2.24, 2.45) is 4.99 Å². The number of benzene rings is 1. The molecule has 0 saturated carbocycles. The zero-order chi connectivity index (χ0) is 12.8. The smallest absolute Gasteiger partial charge is 0.198 e. The van der Waals surface area contributed by atoms with Crippen molar-refractivity contribution in [3.8, 4) is 0 Å². The molecule has 0 aromatic heterocycles. The van der Waals surface area contributed by atoms with Gasteiger partial charge in [-0.05, 0) is 31.2 Å². The molecule has 3 nitrogen and oxygen atoms in total. The van der Waals surface area contributed by atoms with Gasteiger partial charge in [-0.2, -0.15) is 11.8 Å². The molecule has 0 spiro atoms. The van der Waals surface area contributed by atoms with E-state index in [1.165, 1.54) is 11.3 Å². The van der Waals surface area contributed by atoms with Gasteiger partial charge < -0.3 is 10.2 Å². The van der Waals surface area contributed by atoms with Gasteiger partial charge in [0.15, 0.2) is 5.96 Å². The molecule has 1 N–H and O–H groups in total. The van der Waals surface area contributed by atoms with Crippen LogP contribution in [0.25, 0.3) is 0 Å². The largest absolute Gasteiger partial charge is 0.356 e. The highest BCUT2D eigenvalue weighted by molar-refractivity contribution is 7.98. The Labute approximate surface area is 114 Å². The van der Waals surface area contributed by atoms with Crippen LogP contribution in [0.2, 0.25) is 0 Å². The number of rotatable bonds is 4. The van der Waals surface area contributed by atoms with Gasteiger partial charge in [0.25, 0.3) is 0 Å². The summed E-state index contributed by atoms with van der Waals surface area (Å²) in [6.45, 7) is 4.94. The lowest BCUT2D eigenvalue weighted by Gasteiger charge is -2.22. The van der Waals surface area contributed by atoms with Crippen LogP contribution in [0.3, 0.4) is 0 Å². The minimum atomic E-state index is 0.877. The summed E-state index contributed by atoms with van der Waals surface area (Å²) < 4.78 is 0. The summed E-state index contributed by atoms with van der Waals surface area (Å²) in [5.74, 6) is 2.10. The highest BCUT2D eigenvalue weighted by atomic mass is 32.2. The van der Waals surface area contributed by atoms with Gasteiger partial charge in [0.05, 0.1) is 6.54 Å². The van der Waals surface area contributed by atoms with Crippen molar-refractivity contribution in [1.29, 1.82) is 0 Å². The number of para-hydroxylation sites is 1. The molecule has 1 aliphatic heterocycles. The number of nitrogens with zero attached hydrogens (tertiary/aromatic N) is 2. The number of fused-ring (bicyclic) bond motifs is 1. The third-order valence-corrected chi connectivity index (χ3v) is 3.63. The fraction of sp³-hybridized carbons (Fsp3) is 0.500. The van der Waals surface area contributed by atoms with Gasteiger partial charge in [-0.3, -0.25) is 4.99 Å². The summed E-state index contributed by atoms with van der Waals surface area (Å²) in [7, 11) is 0. The van der Waals surface area contributed by atoms with Gasteiger partial charge >= 0.3 is 0 Å². The second kappa shape index (κ2) is 6.69. The second-order valence-electron chi connectivity index (χ2n) is 4.26. The van der Waals surface area contributed by atoms with Crippen LogP contribution < -0.4 is 10.2 Å². The number of guanidine groups is 1. The van der Waals surface area contributed by atoms with E-state index in [1.807, 2.05) is 11.8 Å². The lowest BCUT2D eigenvalue weighted by molar-refractivity contribution is 0.891. The molecule has 0 amide bonds. The zero-order valence-electron chi connectivity index (χ0n) is 11.1. The second-order valence-corrected chi connectivity index (χ2v) is 5.24. The molecule has 0 aliphatic carbocycles. The predicted molar refractivity (Wildman–Crippen MR) is 81.9 cm³/mol. The molecule has 1 aliphatic rings. The molecule has 1 aromatic rings. The monoisotopic (exact) mass is 263 g/mol. The molecule has 1 aromatic carbocycles. The number of anilines is 1. The molecule has 0 unspecified atom stereocenters. The maximum absolute atomic E-state index is 4.69. The molecular weight excluding hydrogens is 242 g/mol. The first-order chi connectivity index (χ1) is 8.86. The van der Waals surface area contributed by atoms with E-state index in [0.29, 0.717) is 0 Å². The van der Waals surface area contributed by atoms with E-state index in [0.717, 1.165) is 37.8 Å². The standard InChI is InChI=1S/C14H21N3S/c1-3-15-14(16-9-11-18-2)17-10-8-12-6-4-5-7-13(12)17/h4-7H,3,8-11H2,1-2H3,(H,15,16). The van der Waals surface area contributed by atoms with E-state index >= 15 is 0 Å². The van der Waals surface area contributed by atoms with Crippen molar-refractivity contribution in [3.05, 3.63) is 29.8 Å². The molecule has 4 heteroatoms. The third kappa shape index (κ3) is 2.99. The van der Waals surface area contributed by atoms with E-state index in [9.17, 15) is 0 Å². The van der Waals surface area contributed by atoms with Crippen LogP contribution in [-0.2, 0) is 6.42 Å². The minimum absolute atomic E-state index is 0.877. The summed E-state index contributed by atoms with van der Waals surface area (Å²) in [6, 6.07) is 8.60. The van der Waals surface area contributed by atoms with Crippen LogP contribution >= 0.6 is 11.8 Å². The lowest BCUT2D eigenvalue weighted by atomic mass is 10.2. The Morgan fingerprint density at radius 1 is 1.44 bits per heavy atom. The molecule has 2 rings (SSSR count). The molecule has 0 fully saturated rings. The van der Waals surface area contributed by atoms with Gasteiger partial charge in [0.1, 0.15) is 0 Å². The summed E-state index contributed by atoms with van der Waals surface area (Å²) >= 11 is 1.84. The summed E-state index contributed by atoms with van der Waals surface area (Å²) in [6.07, 6.45) is 3.23. The number of aliphatic imine (C=N–C) groups is 1. The van der Waals surface area contributed by atoms with Crippen LogP contribution in [0.5, 0.6) is 0 Å². The van der Waals surface area contributed by atoms with Crippen LogP contribution in [0.1, 0.15) is 12.5 Å². The molecule has 0 radical (unpaired) electrons. The van der Waals surface area contributed by atoms with Gasteiger partial charge in [-0.15, -0.1) is 0 Å². The first kappa shape index (κ1) is 13.3. The van der Waals surface area contributed by atoms with E-state index in [1.54, 1.807) is 0 Å². The SMILES string of the molecule is CCNC(=NCCSC)N1CCc2ccccc21.